The van der Waals surface area contributed by atoms with Crippen molar-refractivity contribution < 1.29 is 4.42 Å². The van der Waals surface area contributed by atoms with Crippen LogP contribution in [0.25, 0.3) is 22.8 Å². The lowest BCUT2D eigenvalue weighted by atomic mass is 10.0. The molecule has 24 heavy (non-hydrogen) atoms. The molecule has 0 aliphatic carbocycles. The van der Waals surface area contributed by atoms with Crippen LogP contribution in [0.1, 0.15) is 19.8 Å². The van der Waals surface area contributed by atoms with Crippen LogP contribution < -0.4 is 4.90 Å². The number of furan rings is 1. The summed E-state index contributed by atoms with van der Waals surface area (Å²) < 4.78 is 7.58. The van der Waals surface area contributed by atoms with Gasteiger partial charge >= 0.3 is 0 Å². The number of aromatic nitrogens is 4. The van der Waals surface area contributed by atoms with Crippen molar-refractivity contribution in [3.8, 4) is 22.8 Å². The van der Waals surface area contributed by atoms with E-state index in [0.717, 1.165) is 41.9 Å². The lowest BCUT2D eigenvalue weighted by Gasteiger charge is -2.31. The molecule has 0 saturated carbocycles. The Bertz CT molecular complexity index is 824. The molecule has 0 spiro atoms. The fourth-order valence-corrected chi connectivity index (χ4v) is 3.29. The quantitative estimate of drug-likeness (QED) is 0.739. The van der Waals surface area contributed by atoms with Gasteiger partial charge in [0.25, 0.3) is 0 Å². The van der Waals surface area contributed by atoms with E-state index in [2.05, 4.69) is 21.8 Å². The van der Waals surface area contributed by atoms with E-state index in [-0.39, 0.29) is 0 Å². The Hall–Kier alpha value is -2.63. The van der Waals surface area contributed by atoms with Gasteiger partial charge in [-0.25, -0.2) is 15.0 Å². The molecule has 1 saturated heterocycles. The van der Waals surface area contributed by atoms with Gasteiger partial charge in [-0.1, -0.05) is 6.92 Å². The molecular formula is C18H21N5O. The van der Waals surface area contributed by atoms with Crippen LogP contribution in [-0.4, -0.2) is 32.6 Å². The van der Waals surface area contributed by atoms with Crippen LogP contribution >= 0.6 is 0 Å². The molecule has 0 radical (unpaired) electrons. The molecule has 0 amide bonds. The number of rotatable bonds is 3. The molecule has 1 aliphatic rings. The molecule has 1 fully saturated rings. The molecule has 1 atom stereocenters. The number of aryl methyl sites for hydroxylation is 1. The second-order valence-electron chi connectivity index (χ2n) is 6.46. The largest absolute Gasteiger partial charge is 0.463 e. The molecule has 6 nitrogen and oxygen atoms in total. The third-order valence-electron chi connectivity index (χ3n) is 4.53. The van der Waals surface area contributed by atoms with Crippen molar-refractivity contribution in [1.82, 2.24) is 19.5 Å². The molecule has 3 aromatic heterocycles. The van der Waals surface area contributed by atoms with Gasteiger partial charge in [0.15, 0.2) is 5.76 Å². The van der Waals surface area contributed by atoms with Gasteiger partial charge in [-0.15, -0.1) is 0 Å². The molecule has 4 heterocycles. The first-order chi connectivity index (χ1) is 11.7. The zero-order valence-electron chi connectivity index (χ0n) is 14.0. The normalized spacial score (nSPS) is 18.1. The number of anilines is 1. The molecule has 1 aliphatic heterocycles. The fourth-order valence-electron chi connectivity index (χ4n) is 3.29. The van der Waals surface area contributed by atoms with Crippen LogP contribution in [0, 0.1) is 5.92 Å². The van der Waals surface area contributed by atoms with Crippen molar-refractivity contribution in [3.05, 3.63) is 37.0 Å². The van der Waals surface area contributed by atoms with Gasteiger partial charge in [0, 0.05) is 38.7 Å². The standard InChI is InChI=1S/C18H21N5O/c1-13-5-3-8-23(12-13)18-20-11-14(17-19-7-9-22(17)2)16(21-18)15-6-4-10-24-15/h4,6-7,9-11,13H,3,5,8,12H2,1-2H3. The van der Waals surface area contributed by atoms with Gasteiger partial charge in [0.1, 0.15) is 11.5 Å². The van der Waals surface area contributed by atoms with E-state index >= 15 is 0 Å². The molecule has 0 bridgehead atoms. The zero-order chi connectivity index (χ0) is 16.5. The lowest BCUT2D eigenvalue weighted by Crippen LogP contribution is -2.35. The second-order valence-corrected chi connectivity index (χ2v) is 6.46. The minimum absolute atomic E-state index is 0.670. The van der Waals surface area contributed by atoms with E-state index in [0.29, 0.717) is 5.92 Å². The minimum Gasteiger partial charge on any atom is -0.463 e. The topological polar surface area (TPSA) is 60.0 Å². The van der Waals surface area contributed by atoms with Crippen LogP contribution in [0.15, 0.2) is 41.4 Å². The van der Waals surface area contributed by atoms with Crippen LogP contribution in [-0.2, 0) is 7.05 Å². The summed E-state index contributed by atoms with van der Waals surface area (Å²) >= 11 is 0. The highest BCUT2D eigenvalue weighted by Crippen LogP contribution is 2.31. The maximum absolute atomic E-state index is 5.62. The molecule has 4 rings (SSSR count). The predicted molar refractivity (Wildman–Crippen MR) is 92.5 cm³/mol. The van der Waals surface area contributed by atoms with Crippen LogP contribution in [0.5, 0.6) is 0 Å². The van der Waals surface area contributed by atoms with E-state index in [1.54, 1.807) is 12.5 Å². The smallest absolute Gasteiger partial charge is 0.226 e. The number of piperidine rings is 1. The highest BCUT2D eigenvalue weighted by atomic mass is 16.3. The van der Waals surface area contributed by atoms with E-state index in [9.17, 15) is 0 Å². The zero-order valence-corrected chi connectivity index (χ0v) is 14.0. The third kappa shape index (κ3) is 2.68. The Labute approximate surface area is 141 Å². The number of nitrogens with zero attached hydrogens (tertiary/aromatic N) is 5. The molecule has 0 N–H and O–H groups in total. The summed E-state index contributed by atoms with van der Waals surface area (Å²) in [6.45, 7) is 4.28. The first-order valence-electron chi connectivity index (χ1n) is 8.36. The predicted octanol–water partition coefficient (Wildman–Crippen LogP) is 3.37. The van der Waals surface area contributed by atoms with Crippen LogP contribution in [0.2, 0.25) is 0 Å². The third-order valence-corrected chi connectivity index (χ3v) is 4.53. The molecular weight excluding hydrogens is 302 g/mol. The summed E-state index contributed by atoms with van der Waals surface area (Å²) in [4.78, 5) is 16.2. The van der Waals surface area contributed by atoms with E-state index in [1.807, 2.05) is 36.1 Å². The number of imidazole rings is 1. The summed E-state index contributed by atoms with van der Waals surface area (Å²) in [6.07, 6.45) is 9.68. The highest BCUT2D eigenvalue weighted by Gasteiger charge is 2.22. The maximum Gasteiger partial charge on any atom is 0.226 e. The summed E-state index contributed by atoms with van der Waals surface area (Å²) in [5.74, 6) is 3.01. The van der Waals surface area contributed by atoms with E-state index < -0.39 is 0 Å². The molecule has 1 unspecified atom stereocenters. The Morgan fingerprint density at radius 2 is 2.21 bits per heavy atom. The van der Waals surface area contributed by atoms with Gasteiger partial charge in [-0.05, 0) is 30.9 Å². The van der Waals surface area contributed by atoms with Gasteiger partial charge < -0.3 is 13.9 Å². The SMILES string of the molecule is CC1CCCN(c2ncc(-c3nccn3C)c(-c3ccco3)n2)C1. The van der Waals surface area contributed by atoms with Crippen molar-refractivity contribution in [1.29, 1.82) is 0 Å². The van der Waals surface area contributed by atoms with Crippen molar-refractivity contribution in [2.45, 2.75) is 19.8 Å². The Balaban J connectivity index is 1.80. The summed E-state index contributed by atoms with van der Waals surface area (Å²) in [5, 5.41) is 0. The number of hydrogen-bond donors (Lipinski definition) is 0. The van der Waals surface area contributed by atoms with E-state index in [4.69, 9.17) is 9.40 Å². The van der Waals surface area contributed by atoms with Crippen LogP contribution in [0.3, 0.4) is 0 Å². The van der Waals surface area contributed by atoms with Crippen molar-refractivity contribution >= 4 is 5.95 Å². The Morgan fingerprint density at radius 3 is 2.92 bits per heavy atom. The average Bonchev–Trinajstić information content (AvgIpc) is 3.26. The number of hydrogen-bond acceptors (Lipinski definition) is 5. The molecule has 3 aromatic rings. The van der Waals surface area contributed by atoms with E-state index in [1.165, 1.54) is 12.8 Å². The monoisotopic (exact) mass is 323 g/mol. The highest BCUT2D eigenvalue weighted by molar-refractivity contribution is 5.75. The van der Waals surface area contributed by atoms with Crippen molar-refractivity contribution in [3.63, 3.8) is 0 Å². The molecule has 6 heteroatoms. The van der Waals surface area contributed by atoms with Crippen LogP contribution in [0.4, 0.5) is 5.95 Å². The summed E-state index contributed by atoms with van der Waals surface area (Å²) in [5.41, 5.74) is 1.67. The first-order valence-corrected chi connectivity index (χ1v) is 8.36. The second kappa shape index (κ2) is 6.11. The lowest BCUT2D eigenvalue weighted by molar-refractivity contribution is 0.442. The van der Waals surface area contributed by atoms with Gasteiger partial charge in [0.05, 0.1) is 11.8 Å². The van der Waals surface area contributed by atoms with Gasteiger partial charge in [0.2, 0.25) is 5.95 Å². The summed E-state index contributed by atoms with van der Waals surface area (Å²) in [6, 6.07) is 3.81. The van der Waals surface area contributed by atoms with Gasteiger partial charge in [-0.2, -0.15) is 0 Å². The molecule has 124 valence electrons. The first kappa shape index (κ1) is 14.9. The summed E-state index contributed by atoms with van der Waals surface area (Å²) in [7, 11) is 1.97. The van der Waals surface area contributed by atoms with Gasteiger partial charge in [-0.3, -0.25) is 0 Å². The fraction of sp³-hybridized carbons (Fsp3) is 0.389. The maximum atomic E-state index is 5.62. The van der Waals surface area contributed by atoms with Crippen molar-refractivity contribution in [2.75, 3.05) is 18.0 Å². The Kier molecular flexibility index (Phi) is 3.80. The molecule has 0 aromatic carbocycles. The Morgan fingerprint density at radius 1 is 1.29 bits per heavy atom. The minimum atomic E-state index is 0.670. The van der Waals surface area contributed by atoms with Crippen molar-refractivity contribution in [2.24, 2.45) is 13.0 Å². The average molecular weight is 323 g/mol.